The van der Waals surface area contributed by atoms with Crippen LogP contribution in [-0.2, 0) is 11.2 Å². The molecular formula is C16H24N2O4. The van der Waals surface area contributed by atoms with Gasteiger partial charge in [0.1, 0.15) is 5.75 Å². The monoisotopic (exact) mass is 308 g/mol. The molecule has 1 aromatic rings. The Labute approximate surface area is 130 Å². The summed E-state index contributed by atoms with van der Waals surface area (Å²) in [7, 11) is 1.58. The van der Waals surface area contributed by atoms with Crippen molar-refractivity contribution in [1.29, 1.82) is 0 Å². The van der Waals surface area contributed by atoms with E-state index in [-0.39, 0.29) is 24.4 Å². The number of phenolic OH excluding ortho intramolecular Hbond substituents is 1. The fraction of sp³-hybridized carbons (Fsp3) is 0.500. The van der Waals surface area contributed by atoms with Crippen LogP contribution in [0.15, 0.2) is 24.3 Å². The maximum atomic E-state index is 12.0. The number of carboxylic acids is 1. The highest BCUT2D eigenvalue weighted by molar-refractivity contribution is 5.75. The van der Waals surface area contributed by atoms with Gasteiger partial charge in [0, 0.05) is 19.6 Å². The van der Waals surface area contributed by atoms with Crippen molar-refractivity contribution in [3.8, 4) is 5.75 Å². The van der Waals surface area contributed by atoms with Crippen LogP contribution in [0, 0.1) is 5.92 Å². The number of phenols is 1. The largest absolute Gasteiger partial charge is 0.508 e. The highest BCUT2D eigenvalue weighted by atomic mass is 16.4. The van der Waals surface area contributed by atoms with Crippen LogP contribution in [-0.4, -0.2) is 46.7 Å². The molecule has 0 saturated heterocycles. The van der Waals surface area contributed by atoms with E-state index >= 15 is 0 Å². The Morgan fingerprint density at radius 1 is 1.23 bits per heavy atom. The molecule has 0 heterocycles. The Kier molecular flexibility index (Phi) is 6.69. The van der Waals surface area contributed by atoms with Crippen molar-refractivity contribution in [2.45, 2.75) is 32.7 Å². The summed E-state index contributed by atoms with van der Waals surface area (Å²) in [5.41, 5.74) is 1.09. The third-order valence-corrected chi connectivity index (χ3v) is 3.49. The molecule has 0 aliphatic heterocycles. The van der Waals surface area contributed by atoms with Crippen LogP contribution in [0.3, 0.4) is 0 Å². The van der Waals surface area contributed by atoms with Crippen LogP contribution in [0.2, 0.25) is 0 Å². The SMILES string of the molecule is CC(CCc1ccc(O)cc1)NC(=O)N(C)CC(C)C(=O)O. The van der Waals surface area contributed by atoms with Crippen molar-refractivity contribution in [3.05, 3.63) is 29.8 Å². The average molecular weight is 308 g/mol. The molecule has 2 unspecified atom stereocenters. The van der Waals surface area contributed by atoms with Crippen molar-refractivity contribution in [2.24, 2.45) is 5.92 Å². The predicted molar refractivity (Wildman–Crippen MR) is 83.9 cm³/mol. The first kappa shape index (κ1) is 17.8. The van der Waals surface area contributed by atoms with E-state index in [4.69, 9.17) is 5.11 Å². The maximum absolute atomic E-state index is 12.0. The van der Waals surface area contributed by atoms with Crippen LogP contribution < -0.4 is 5.32 Å². The lowest BCUT2D eigenvalue weighted by molar-refractivity contribution is -0.141. The topological polar surface area (TPSA) is 89.9 Å². The van der Waals surface area contributed by atoms with E-state index < -0.39 is 11.9 Å². The molecule has 122 valence electrons. The van der Waals surface area contributed by atoms with Gasteiger partial charge >= 0.3 is 12.0 Å². The number of benzene rings is 1. The molecule has 0 fully saturated rings. The van der Waals surface area contributed by atoms with Gasteiger partial charge in [0.25, 0.3) is 0 Å². The minimum atomic E-state index is -0.917. The zero-order valence-electron chi connectivity index (χ0n) is 13.2. The number of urea groups is 1. The van der Waals surface area contributed by atoms with Crippen molar-refractivity contribution < 1.29 is 19.8 Å². The maximum Gasteiger partial charge on any atom is 0.317 e. The normalized spacial score (nSPS) is 13.2. The Morgan fingerprint density at radius 3 is 2.36 bits per heavy atom. The average Bonchev–Trinajstić information content (AvgIpc) is 2.46. The molecule has 0 aliphatic carbocycles. The second-order valence-electron chi connectivity index (χ2n) is 5.68. The molecule has 0 bridgehead atoms. The third-order valence-electron chi connectivity index (χ3n) is 3.49. The molecule has 2 atom stereocenters. The second-order valence-corrected chi connectivity index (χ2v) is 5.68. The quantitative estimate of drug-likeness (QED) is 0.719. The summed E-state index contributed by atoms with van der Waals surface area (Å²) in [5, 5.41) is 20.9. The van der Waals surface area contributed by atoms with E-state index in [1.165, 1.54) is 4.90 Å². The summed E-state index contributed by atoms with van der Waals surface area (Å²) in [5.74, 6) is -1.28. The molecule has 1 rings (SSSR count). The Morgan fingerprint density at radius 2 is 1.82 bits per heavy atom. The van der Waals surface area contributed by atoms with Gasteiger partial charge < -0.3 is 20.4 Å². The summed E-state index contributed by atoms with van der Waals surface area (Å²) in [6.07, 6.45) is 1.55. The van der Waals surface area contributed by atoms with Gasteiger partial charge in [0.15, 0.2) is 0 Å². The minimum absolute atomic E-state index is 0.0242. The fourth-order valence-electron chi connectivity index (χ4n) is 2.01. The summed E-state index contributed by atoms with van der Waals surface area (Å²) < 4.78 is 0. The molecule has 6 nitrogen and oxygen atoms in total. The first-order valence-corrected chi connectivity index (χ1v) is 7.32. The van der Waals surface area contributed by atoms with E-state index in [1.807, 2.05) is 19.1 Å². The van der Waals surface area contributed by atoms with Crippen LogP contribution in [0.4, 0.5) is 4.79 Å². The number of nitrogens with one attached hydrogen (secondary N) is 1. The number of carboxylic acid groups (broad SMARTS) is 1. The Balaban J connectivity index is 2.37. The van der Waals surface area contributed by atoms with Crippen molar-refractivity contribution in [1.82, 2.24) is 10.2 Å². The summed E-state index contributed by atoms with van der Waals surface area (Å²) >= 11 is 0. The van der Waals surface area contributed by atoms with Crippen LogP contribution in [0.5, 0.6) is 5.75 Å². The molecule has 22 heavy (non-hydrogen) atoms. The van der Waals surface area contributed by atoms with Gasteiger partial charge in [-0.15, -0.1) is 0 Å². The van der Waals surface area contributed by atoms with Crippen LogP contribution in [0.1, 0.15) is 25.8 Å². The smallest absolute Gasteiger partial charge is 0.317 e. The van der Waals surface area contributed by atoms with Gasteiger partial charge in [0.2, 0.25) is 0 Å². The molecule has 0 aliphatic rings. The van der Waals surface area contributed by atoms with Gasteiger partial charge in [0.05, 0.1) is 5.92 Å². The highest BCUT2D eigenvalue weighted by Gasteiger charge is 2.18. The lowest BCUT2D eigenvalue weighted by Gasteiger charge is -2.22. The third kappa shape index (κ3) is 6.03. The molecule has 0 spiro atoms. The minimum Gasteiger partial charge on any atom is -0.508 e. The number of aryl methyl sites for hydroxylation is 1. The molecule has 6 heteroatoms. The van der Waals surface area contributed by atoms with Crippen molar-refractivity contribution >= 4 is 12.0 Å². The number of hydrogen-bond acceptors (Lipinski definition) is 3. The van der Waals surface area contributed by atoms with Crippen LogP contribution >= 0.6 is 0 Å². The van der Waals surface area contributed by atoms with E-state index in [2.05, 4.69) is 5.32 Å². The van der Waals surface area contributed by atoms with E-state index in [0.29, 0.717) is 0 Å². The molecule has 0 radical (unpaired) electrons. The molecule has 0 saturated carbocycles. The van der Waals surface area contributed by atoms with Gasteiger partial charge in [-0.05, 0) is 37.5 Å². The zero-order chi connectivity index (χ0) is 16.7. The number of carbonyl (C=O) groups excluding carboxylic acids is 1. The number of aliphatic carboxylic acids is 1. The number of hydrogen-bond donors (Lipinski definition) is 3. The Hall–Kier alpha value is -2.24. The number of aromatic hydroxyl groups is 1. The molecule has 3 N–H and O–H groups in total. The van der Waals surface area contributed by atoms with Gasteiger partial charge in [-0.3, -0.25) is 4.79 Å². The van der Waals surface area contributed by atoms with Gasteiger partial charge in [-0.2, -0.15) is 0 Å². The number of nitrogens with zero attached hydrogens (tertiary/aromatic N) is 1. The number of rotatable bonds is 7. The molecule has 1 aromatic carbocycles. The molecule has 2 amide bonds. The summed E-state index contributed by atoms with van der Waals surface area (Å²) in [6.45, 7) is 3.65. The first-order valence-electron chi connectivity index (χ1n) is 7.32. The van der Waals surface area contributed by atoms with E-state index in [0.717, 1.165) is 18.4 Å². The van der Waals surface area contributed by atoms with Crippen molar-refractivity contribution in [3.63, 3.8) is 0 Å². The number of carbonyl (C=O) groups is 2. The van der Waals surface area contributed by atoms with E-state index in [1.54, 1.807) is 26.1 Å². The summed E-state index contributed by atoms with van der Waals surface area (Å²) in [4.78, 5) is 24.1. The summed E-state index contributed by atoms with van der Waals surface area (Å²) in [6, 6.07) is 6.68. The first-order chi connectivity index (χ1) is 10.3. The zero-order valence-corrected chi connectivity index (χ0v) is 13.2. The number of amides is 2. The fourth-order valence-corrected chi connectivity index (χ4v) is 2.01. The second kappa shape index (κ2) is 8.26. The van der Waals surface area contributed by atoms with Crippen molar-refractivity contribution in [2.75, 3.05) is 13.6 Å². The lowest BCUT2D eigenvalue weighted by Crippen LogP contribution is -2.44. The Bertz CT molecular complexity index is 501. The predicted octanol–water partition coefficient (Wildman–Crippen LogP) is 2.08. The van der Waals surface area contributed by atoms with E-state index in [9.17, 15) is 14.7 Å². The molecule has 0 aromatic heterocycles. The standard InChI is InChI=1S/C16H24N2O4/c1-11(15(20)21)10-18(3)16(22)17-12(2)4-5-13-6-8-14(19)9-7-13/h6-9,11-12,19H,4-5,10H2,1-3H3,(H,17,22)(H,20,21). The van der Waals surface area contributed by atoms with Gasteiger partial charge in [-0.25, -0.2) is 4.79 Å². The van der Waals surface area contributed by atoms with Crippen LogP contribution in [0.25, 0.3) is 0 Å². The molecular weight excluding hydrogens is 284 g/mol. The highest BCUT2D eigenvalue weighted by Crippen LogP contribution is 2.12. The van der Waals surface area contributed by atoms with Gasteiger partial charge in [-0.1, -0.05) is 19.1 Å². The lowest BCUT2D eigenvalue weighted by atomic mass is 10.1.